The molecule has 0 aliphatic rings. The SMILES string of the molecule is O=C(Nc1cccc(C(F)(F)F)c1)[C@@H](Sc1ncnc2ccccc12)c1ccccc1. The molecule has 4 aromatic rings. The first-order valence-corrected chi connectivity index (χ1v) is 10.2. The summed E-state index contributed by atoms with van der Waals surface area (Å²) in [5.41, 5.74) is 0.703. The standard InChI is InChI=1S/C23H16F3N3OS/c24-23(25,26)16-9-6-10-17(13-16)29-21(30)20(15-7-2-1-3-8-15)31-22-18-11-4-5-12-19(18)27-14-28-22/h1-14,20H,(H,29,30)/t20-/m0/s1. The summed E-state index contributed by atoms with van der Waals surface area (Å²) >= 11 is 1.22. The molecule has 0 radical (unpaired) electrons. The third-order valence-electron chi connectivity index (χ3n) is 4.53. The predicted molar refractivity (Wildman–Crippen MR) is 115 cm³/mol. The number of alkyl halides is 3. The van der Waals surface area contributed by atoms with Crippen LogP contribution >= 0.6 is 11.8 Å². The fourth-order valence-electron chi connectivity index (χ4n) is 3.07. The summed E-state index contributed by atoms with van der Waals surface area (Å²) in [6, 6.07) is 21.0. The largest absolute Gasteiger partial charge is 0.416 e. The number of carbonyl (C=O) groups excluding carboxylic acids is 1. The van der Waals surface area contributed by atoms with Gasteiger partial charge in [-0.1, -0.05) is 66.4 Å². The minimum Gasteiger partial charge on any atom is -0.325 e. The van der Waals surface area contributed by atoms with E-state index in [1.165, 1.54) is 30.2 Å². The van der Waals surface area contributed by atoms with E-state index in [0.29, 0.717) is 10.6 Å². The lowest BCUT2D eigenvalue weighted by molar-refractivity contribution is -0.137. The van der Waals surface area contributed by atoms with E-state index in [9.17, 15) is 18.0 Å². The Bertz CT molecular complexity index is 1210. The number of hydrogen-bond acceptors (Lipinski definition) is 4. The second-order valence-electron chi connectivity index (χ2n) is 6.67. The molecule has 1 aromatic heterocycles. The minimum absolute atomic E-state index is 0.0777. The summed E-state index contributed by atoms with van der Waals surface area (Å²) in [5, 5.41) is 3.29. The molecule has 31 heavy (non-hydrogen) atoms. The van der Waals surface area contributed by atoms with Crippen LogP contribution in [0.3, 0.4) is 0 Å². The van der Waals surface area contributed by atoms with Gasteiger partial charge in [-0.3, -0.25) is 4.79 Å². The van der Waals surface area contributed by atoms with Gasteiger partial charge in [-0.05, 0) is 29.8 Å². The number of nitrogens with zero attached hydrogens (tertiary/aromatic N) is 2. The molecular weight excluding hydrogens is 423 g/mol. The second kappa shape index (κ2) is 8.77. The van der Waals surface area contributed by atoms with Crippen LogP contribution in [-0.2, 0) is 11.0 Å². The number of hydrogen-bond donors (Lipinski definition) is 1. The zero-order valence-electron chi connectivity index (χ0n) is 16.0. The monoisotopic (exact) mass is 439 g/mol. The first-order chi connectivity index (χ1) is 14.9. The molecule has 0 saturated heterocycles. The van der Waals surface area contributed by atoms with Crippen molar-refractivity contribution in [2.24, 2.45) is 0 Å². The van der Waals surface area contributed by atoms with Crippen LogP contribution in [0.4, 0.5) is 18.9 Å². The van der Waals surface area contributed by atoms with Crippen molar-refractivity contribution in [3.63, 3.8) is 0 Å². The normalized spacial score (nSPS) is 12.5. The Kier molecular flexibility index (Phi) is 5.90. The Morgan fingerprint density at radius 3 is 2.42 bits per heavy atom. The lowest BCUT2D eigenvalue weighted by atomic mass is 10.1. The number of carbonyl (C=O) groups is 1. The van der Waals surface area contributed by atoms with Gasteiger partial charge in [0, 0.05) is 11.1 Å². The van der Waals surface area contributed by atoms with E-state index in [2.05, 4.69) is 15.3 Å². The van der Waals surface area contributed by atoms with Crippen LogP contribution in [0.25, 0.3) is 10.9 Å². The number of para-hydroxylation sites is 1. The van der Waals surface area contributed by atoms with E-state index in [-0.39, 0.29) is 5.69 Å². The Morgan fingerprint density at radius 2 is 1.65 bits per heavy atom. The Hall–Kier alpha value is -3.39. The number of rotatable bonds is 5. The lowest BCUT2D eigenvalue weighted by Crippen LogP contribution is -2.19. The molecule has 4 nitrogen and oxygen atoms in total. The van der Waals surface area contributed by atoms with Crippen LogP contribution in [0.5, 0.6) is 0 Å². The molecule has 1 N–H and O–H groups in total. The van der Waals surface area contributed by atoms with Crippen molar-refractivity contribution in [2.45, 2.75) is 16.5 Å². The number of amides is 1. The summed E-state index contributed by atoms with van der Waals surface area (Å²) in [5.74, 6) is -0.446. The Morgan fingerprint density at radius 1 is 0.903 bits per heavy atom. The summed E-state index contributed by atoms with van der Waals surface area (Å²) in [6.45, 7) is 0. The van der Waals surface area contributed by atoms with Crippen molar-refractivity contribution < 1.29 is 18.0 Å². The smallest absolute Gasteiger partial charge is 0.325 e. The van der Waals surface area contributed by atoms with Crippen LogP contribution < -0.4 is 5.32 Å². The fraction of sp³-hybridized carbons (Fsp3) is 0.0870. The van der Waals surface area contributed by atoms with Gasteiger partial charge in [0.05, 0.1) is 11.1 Å². The predicted octanol–water partition coefficient (Wildman–Crippen LogP) is 6.12. The van der Waals surface area contributed by atoms with E-state index in [0.717, 1.165) is 23.0 Å². The van der Waals surface area contributed by atoms with E-state index >= 15 is 0 Å². The fourth-order valence-corrected chi connectivity index (χ4v) is 4.16. The van der Waals surface area contributed by atoms with Crippen molar-refractivity contribution in [1.82, 2.24) is 9.97 Å². The van der Waals surface area contributed by atoms with Crippen LogP contribution in [-0.4, -0.2) is 15.9 Å². The van der Waals surface area contributed by atoms with E-state index in [4.69, 9.17) is 0 Å². The first-order valence-electron chi connectivity index (χ1n) is 9.31. The lowest BCUT2D eigenvalue weighted by Gasteiger charge is -2.18. The zero-order chi connectivity index (χ0) is 21.8. The van der Waals surface area contributed by atoms with Crippen molar-refractivity contribution in [2.75, 3.05) is 5.32 Å². The third-order valence-corrected chi connectivity index (χ3v) is 5.80. The molecule has 0 aliphatic heterocycles. The Balaban J connectivity index is 1.67. The molecule has 0 bridgehead atoms. The van der Waals surface area contributed by atoms with Crippen LogP contribution in [0.15, 0.2) is 90.2 Å². The molecule has 1 atom stereocenters. The Labute approximate surface area is 180 Å². The number of nitrogens with one attached hydrogen (secondary N) is 1. The van der Waals surface area contributed by atoms with Gasteiger partial charge >= 0.3 is 6.18 Å². The topological polar surface area (TPSA) is 54.9 Å². The summed E-state index contributed by atoms with van der Waals surface area (Å²) in [7, 11) is 0. The number of fused-ring (bicyclic) bond motifs is 1. The number of anilines is 1. The molecule has 0 fully saturated rings. The molecule has 0 spiro atoms. The number of benzene rings is 3. The highest BCUT2D eigenvalue weighted by molar-refractivity contribution is 8.00. The van der Waals surface area contributed by atoms with Gasteiger partial charge in [0.25, 0.3) is 0 Å². The highest BCUT2D eigenvalue weighted by atomic mass is 32.2. The summed E-state index contributed by atoms with van der Waals surface area (Å²) < 4.78 is 39.1. The average molecular weight is 439 g/mol. The van der Waals surface area contributed by atoms with E-state index in [1.807, 2.05) is 30.3 Å². The molecule has 4 rings (SSSR count). The highest BCUT2D eigenvalue weighted by Crippen LogP contribution is 2.38. The van der Waals surface area contributed by atoms with Crippen LogP contribution in [0.1, 0.15) is 16.4 Å². The molecule has 0 aliphatic carbocycles. The molecular formula is C23H16F3N3OS. The minimum atomic E-state index is -4.49. The van der Waals surface area contributed by atoms with Gasteiger partial charge in [0.1, 0.15) is 16.6 Å². The molecule has 3 aromatic carbocycles. The van der Waals surface area contributed by atoms with E-state index < -0.39 is 22.9 Å². The molecule has 156 valence electrons. The zero-order valence-corrected chi connectivity index (χ0v) is 16.8. The van der Waals surface area contributed by atoms with Crippen LogP contribution in [0, 0.1) is 0 Å². The maximum atomic E-state index is 13.2. The highest BCUT2D eigenvalue weighted by Gasteiger charge is 2.31. The van der Waals surface area contributed by atoms with Gasteiger partial charge in [-0.25, -0.2) is 9.97 Å². The van der Waals surface area contributed by atoms with Crippen LogP contribution in [0.2, 0.25) is 0 Å². The van der Waals surface area contributed by atoms with Gasteiger partial charge in [0.15, 0.2) is 0 Å². The van der Waals surface area contributed by atoms with Gasteiger partial charge in [-0.15, -0.1) is 0 Å². The molecule has 0 unspecified atom stereocenters. The molecule has 8 heteroatoms. The van der Waals surface area contributed by atoms with Gasteiger partial charge in [0.2, 0.25) is 5.91 Å². The van der Waals surface area contributed by atoms with Gasteiger partial charge < -0.3 is 5.32 Å². The quantitative estimate of drug-likeness (QED) is 0.301. The van der Waals surface area contributed by atoms with Gasteiger partial charge in [-0.2, -0.15) is 13.2 Å². The number of aromatic nitrogens is 2. The summed E-state index contributed by atoms with van der Waals surface area (Å²) in [4.78, 5) is 21.7. The maximum absolute atomic E-state index is 13.2. The molecule has 1 heterocycles. The second-order valence-corrected chi connectivity index (χ2v) is 7.77. The van der Waals surface area contributed by atoms with Crippen molar-refractivity contribution >= 4 is 34.3 Å². The van der Waals surface area contributed by atoms with Crippen molar-refractivity contribution in [1.29, 1.82) is 0 Å². The van der Waals surface area contributed by atoms with Crippen molar-refractivity contribution in [3.8, 4) is 0 Å². The van der Waals surface area contributed by atoms with Crippen molar-refractivity contribution in [3.05, 3.63) is 96.3 Å². The maximum Gasteiger partial charge on any atom is 0.416 e. The first kappa shape index (κ1) is 20.9. The number of halogens is 3. The average Bonchev–Trinajstić information content (AvgIpc) is 2.77. The number of thioether (sulfide) groups is 1. The third kappa shape index (κ3) is 4.86. The molecule has 0 saturated carbocycles. The van der Waals surface area contributed by atoms with E-state index in [1.54, 1.807) is 24.3 Å². The molecule has 1 amide bonds. The summed E-state index contributed by atoms with van der Waals surface area (Å²) in [6.07, 6.45) is -3.06.